The Hall–Kier alpha value is -2.01. The highest BCUT2D eigenvalue weighted by atomic mass is 16.5. The molecule has 1 aromatic carbocycles. The van der Waals surface area contributed by atoms with Crippen molar-refractivity contribution < 1.29 is 19.4 Å². The average Bonchev–Trinajstić information content (AvgIpc) is 2.91. The van der Waals surface area contributed by atoms with Crippen molar-refractivity contribution in [3.63, 3.8) is 0 Å². The second-order valence-electron chi connectivity index (χ2n) is 6.79. The number of hydrogen-bond acceptors (Lipinski definition) is 5. The van der Waals surface area contributed by atoms with Gasteiger partial charge in [0.15, 0.2) is 11.5 Å². The lowest BCUT2D eigenvalue weighted by atomic mass is 9.65. The van der Waals surface area contributed by atoms with E-state index in [9.17, 15) is 9.90 Å². The molecule has 3 atom stereocenters. The lowest BCUT2D eigenvalue weighted by Gasteiger charge is -2.40. The Kier molecular flexibility index (Phi) is 4.30. The summed E-state index contributed by atoms with van der Waals surface area (Å²) in [6.07, 6.45) is 2.68. The fourth-order valence-corrected chi connectivity index (χ4v) is 4.17. The number of likely N-dealkylation sites (tertiary alicyclic amines) is 1. The van der Waals surface area contributed by atoms with E-state index in [-0.39, 0.29) is 17.1 Å². The second-order valence-corrected chi connectivity index (χ2v) is 6.79. The van der Waals surface area contributed by atoms with Crippen LogP contribution in [-0.4, -0.2) is 49.7 Å². The van der Waals surface area contributed by atoms with E-state index in [1.54, 1.807) is 21.1 Å². The predicted octanol–water partition coefficient (Wildman–Crippen LogP) is 2.13. The van der Waals surface area contributed by atoms with Gasteiger partial charge in [-0.1, -0.05) is 6.07 Å². The number of benzene rings is 1. The first-order chi connectivity index (χ1) is 11.4. The molecule has 0 spiro atoms. The number of hydrogen-bond donors (Lipinski definition) is 1. The van der Waals surface area contributed by atoms with Crippen LogP contribution < -0.4 is 9.47 Å². The first-order valence-electron chi connectivity index (χ1n) is 8.27. The number of fused-ring (bicyclic) bond motifs is 1. The summed E-state index contributed by atoms with van der Waals surface area (Å²) in [6.45, 7) is 2.46. The van der Waals surface area contributed by atoms with Crippen molar-refractivity contribution in [1.29, 1.82) is 0 Å². The van der Waals surface area contributed by atoms with Crippen LogP contribution >= 0.6 is 0 Å². The summed E-state index contributed by atoms with van der Waals surface area (Å²) in [6, 6.07) is 5.96. The van der Waals surface area contributed by atoms with Gasteiger partial charge in [-0.15, -0.1) is 0 Å². The number of carbonyl (C=O) groups is 1. The van der Waals surface area contributed by atoms with Crippen LogP contribution in [-0.2, 0) is 10.2 Å². The highest BCUT2D eigenvalue weighted by Gasteiger charge is 2.49. The highest BCUT2D eigenvalue weighted by Crippen LogP contribution is 2.51. The van der Waals surface area contributed by atoms with Gasteiger partial charge in [0.05, 0.1) is 20.3 Å². The Balaban J connectivity index is 2.12. The fourth-order valence-electron chi connectivity index (χ4n) is 4.17. The number of allylic oxidation sites excluding steroid dienone is 1. The number of aliphatic hydroxyl groups excluding tert-OH is 1. The molecule has 1 unspecified atom stereocenters. The van der Waals surface area contributed by atoms with Crippen LogP contribution in [0, 0.1) is 5.92 Å². The molecular weight excluding hydrogens is 306 g/mol. The standard InChI is InChI=1S/C19H25NO4/c1-12(21)14-11-19(7-8-20(2)18(19)10-15(14)22)13-5-6-16(23-3)17(9-13)24-4/h5-6,9-10,14-15,22H,7-8,11H2,1-4H3/t14?,15-,19-/m1/s1. The molecule has 5 heteroatoms. The molecule has 0 aromatic heterocycles. The molecule has 2 aliphatic rings. The van der Waals surface area contributed by atoms with Crippen LogP contribution in [0.25, 0.3) is 0 Å². The molecule has 0 amide bonds. The number of nitrogens with zero attached hydrogens (tertiary/aromatic N) is 1. The van der Waals surface area contributed by atoms with Crippen LogP contribution in [0.4, 0.5) is 0 Å². The third kappa shape index (κ3) is 2.47. The fraction of sp³-hybridized carbons (Fsp3) is 0.526. The van der Waals surface area contributed by atoms with Gasteiger partial charge < -0.3 is 19.5 Å². The highest BCUT2D eigenvalue weighted by molar-refractivity contribution is 5.80. The number of carbonyl (C=O) groups excluding carboxylic acids is 1. The summed E-state index contributed by atoms with van der Waals surface area (Å²) in [5, 5.41) is 10.4. The average molecular weight is 331 g/mol. The largest absolute Gasteiger partial charge is 0.493 e. The smallest absolute Gasteiger partial charge is 0.161 e. The Morgan fingerprint density at radius 2 is 2.00 bits per heavy atom. The van der Waals surface area contributed by atoms with Crippen molar-refractivity contribution in [1.82, 2.24) is 4.90 Å². The third-order valence-corrected chi connectivity index (χ3v) is 5.54. The van der Waals surface area contributed by atoms with Gasteiger partial charge in [-0.25, -0.2) is 0 Å². The minimum Gasteiger partial charge on any atom is -0.493 e. The zero-order valence-corrected chi connectivity index (χ0v) is 14.7. The van der Waals surface area contributed by atoms with E-state index in [1.165, 1.54) is 0 Å². The Labute approximate surface area is 142 Å². The molecule has 1 aromatic rings. The lowest BCUT2D eigenvalue weighted by molar-refractivity contribution is -0.124. The normalized spacial score (nSPS) is 29.0. The van der Waals surface area contributed by atoms with Gasteiger partial charge in [0.1, 0.15) is 5.78 Å². The Morgan fingerprint density at radius 3 is 2.62 bits per heavy atom. The molecule has 5 nitrogen and oxygen atoms in total. The molecular formula is C19H25NO4. The summed E-state index contributed by atoms with van der Waals surface area (Å²) in [7, 11) is 5.28. The molecule has 0 radical (unpaired) electrons. The van der Waals surface area contributed by atoms with Gasteiger partial charge in [-0.05, 0) is 43.5 Å². The van der Waals surface area contributed by atoms with E-state index in [0.29, 0.717) is 17.9 Å². The lowest BCUT2D eigenvalue weighted by Crippen LogP contribution is -2.41. The van der Waals surface area contributed by atoms with Crippen LogP contribution in [0.3, 0.4) is 0 Å². The summed E-state index contributed by atoms with van der Waals surface area (Å²) in [4.78, 5) is 14.2. The van der Waals surface area contributed by atoms with Crippen molar-refractivity contribution in [3.8, 4) is 11.5 Å². The number of ketones is 1. The minimum atomic E-state index is -0.716. The van der Waals surface area contributed by atoms with Crippen molar-refractivity contribution >= 4 is 5.78 Å². The van der Waals surface area contributed by atoms with Gasteiger partial charge >= 0.3 is 0 Å². The molecule has 1 fully saturated rings. The van der Waals surface area contributed by atoms with Crippen LogP contribution in [0.1, 0.15) is 25.3 Å². The number of methoxy groups -OCH3 is 2. The molecule has 1 saturated heterocycles. The third-order valence-electron chi connectivity index (χ3n) is 5.54. The quantitative estimate of drug-likeness (QED) is 0.916. The van der Waals surface area contributed by atoms with E-state index in [1.807, 2.05) is 31.3 Å². The molecule has 0 saturated carbocycles. The van der Waals surface area contributed by atoms with E-state index < -0.39 is 6.10 Å². The van der Waals surface area contributed by atoms with Crippen LogP contribution in [0.15, 0.2) is 30.0 Å². The second kappa shape index (κ2) is 6.13. The number of rotatable bonds is 4. The van der Waals surface area contributed by atoms with Crippen molar-refractivity contribution in [2.45, 2.75) is 31.3 Å². The molecule has 1 heterocycles. The maximum Gasteiger partial charge on any atom is 0.161 e. The molecule has 24 heavy (non-hydrogen) atoms. The summed E-state index contributed by atoms with van der Waals surface area (Å²) in [5.41, 5.74) is 1.94. The molecule has 0 bridgehead atoms. The minimum absolute atomic E-state index is 0.0344. The van der Waals surface area contributed by atoms with Gasteiger partial charge in [0.25, 0.3) is 0 Å². The molecule has 3 rings (SSSR count). The number of likely N-dealkylation sites (N-methyl/N-ethyl adjacent to an activating group) is 1. The van der Waals surface area contributed by atoms with Gasteiger partial charge in [0.2, 0.25) is 0 Å². The predicted molar refractivity (Wildman–Crippen MR) is 91.3 cm³/mol. The summed E-state index contributed by atoms with van der Waals surface area (Å²) in [5.74, 6) is 1.04. The monoisotopic (exact) mass is 331 g/mol. The number of ether oxygens (including phenoxy) is 2. The van der Waals surface area contributed by atoms with E-state index >= 15 is 0 Å². The SMILES string of the molecule is COc1ccc([C@]23CCN(C)C2=C[C@@H](O)C(C(C)=O)C3)cc1OC. The van der Waals surface area contributed by atoms with Crippen molar-refractivity contribution in [2.24, 2.45) is 5.92 Å². The summed E-state index contributed by atoms with van der Waals surface area (Å²) < 4.78 is 10.8. The molecule has 130 valence electrons. The van der Waals surface area contributed by atoms with Gasteiger partial charge in [-0.2, -0.15) is 0 Å². The molecule has 1 aliphatic heterocycles. The van der Waals surface area contributed by atoms with Crippen LogP contribution in [0.5, 0.6) is 11.5 Å². The Morgan fingerprint density at radius 1 is 1.29 bits per heavy atom. The van der Waals surface area contributed by atoms with Gasteiger partial charge in [-0.3, -0.25) is 4.79 Å². The zero-order valence-electron chi connectivity index (χ0n) is 14.7. The maximum absolute atomic E-state index is 12.0. The number of aliphatic hydroxyl groups is 1. The maximum atomic E-state index is 12.0. The molecule has 1 N–H and O–H groups in total. The Bertz CT molecular complexity index is 684. The van der Waals surface area contributed by atoms with Crippen molar-refractivity contribution in [2.75, 3.05) is 27.8 Å². The first-order valence-corrected chi connectivity index (χ1v) is 8.27. The summed E-state index contributed by atoms with van der Waals surface area (Å²) >= 11 is 0. The zero-order chi connectivity index (χ0) is 17.5. The molecule has 1 aliphatic carbocycles. The van der Waals surface area contributed by atoms with E-state index in [2.05, 4.69) is 4.90 Å². The van der Waals surface area contributed by atoms with Crippen LogP contribution in [0.2, 0.25) is 0 Å². The first kappa shape index (κ1) is 16.8. The van der Waals surface area contributed by atoms with Gasteiger partial charge in [0, 0.05) is 30.6 Å². The number of Topliss-reactive ketones (excluding diaryl/α,β-unsaturated/α-hetero) is 1. The van der Waals surface area contributed by atoms with E-state index in [4.69, 9.17) is 9.47 Å². The topological polar surface area (TPSA) is 59.0 Å². The van der Waals surface area contributed by atoms with Crippen molar-refractivity contribution in [3.05, 3.63) is 35.5 Å². The van der Waals surface area contributed by atoms with E-state index in [0.717, 1.165) is 24.2 Å².